The van der Waals surface area contributed by atoms with Gasteiger partial charge >= 0.3 is 11.9 Å². The predicted octanol–water partition coefficient (Wildman–Crippen LogP) is 5.17. The zero-order valence-corrected chi connectivity index (χ0v) is 22.7. The molecule has 9 nitrogen and oxygen atoms in total. The van der Waals surface area contributed by atoms with E-state index in [1.54, 1.807) is 30.9 Å². The molecule has 0 saturated heterocycles. The fourth-order valence-corrected chi connectivity index (χ4v) is 4.95. The first kappa shape index (κ1) is 27.8. The van der Waals surface area contributed by atoms with Crippen LogP contribution in [0.2, 0.25) is 0 Å². The molecule has 2 aromatic rings. The molecule has 0 amide bonds. The van der Waals surface area contributed by atoms with Crippen LogP contribution in [0.3, 0.4) is 0 Å². The Hall–Kier alpha value is -4.24. The third-order valence-corrected chi connectivity index (χ3v) is 7.23. The summed E-state index contributed by atoms with van der Waals surface area (Å²) in [6.07, 6.45) is 3.20. The van der Waals surface area contributed by atoms with Crippen LogP contribution >= 0.6 is 0 Å². The largest absolute Gasteiger partial charge is 0.466 e. The summed E-state index contributed by atoms with van der Waals surface area (Å²) >= 11 is 0. The number of non-ortho nitro benzene ring substituents is 1. The summed E-state index contributed by atoms with van der Waals surface area (Å²) in [5, 5.41) is 11.3. The Labute approximate surface area is 228 Å². The lowest BCUT2D eigenvalue weighted by molar-refractivity contribution is -0.384. The zero-order valence-electron chi connectivity index (χ0n) is 22.7. The smallest absolute Gasteiger partial charge is 0.336 e. The molecule has 0 unspecified atom stereocenters. The predicted molar refractivity (Wildman–Crippen MR) is 149 cm³/mol. The standard InChI is InChI=1S/C30H33N3O6/c1-20-8-10-23(11-9-20)24-12-14-31(15-13-24)16-17-39-30(35)28-19-27(29(34)38-4)21(2)32(22(28)3)25-6-5-7-26(18-25)33(36)37/h5-12,18H,13-17,19H2,1-4H3. The number of nitrogens with zero attached hydrogens (tertiary/aromatic N) is 3. The molecule has 0 radical (unpaired) electrons. The van der Waals surface area contributed by atoms with Crippen LogP contribution in [0.1, 0.15) is 37.8 Å². The number of esters is 2. The summed E-state index contributed by atoms with van der Waals surface area (Å²) in [7, 11) is 1.28. The van der Waals surface area contributed by atoms with Gasteiger partial charge in [-0.05, 0) is 44.4 Å². The van der Waals surface area contributed by atoms with Crippen molar-refractivity contribution in [3.63, 3.8) is 0 Å². The number of nitro benzene ring substituents is 1. The van der Waals surface area contributed by atoms with Gasteiger partial charge in [0.05, 0.1) is 28.9 Å². The van der Waals surface area contributed by atoms with Gasteiger partial charge < -0.3 is 14.4 Å². The van der Waals surface area contributed by atoms with E-state index in [0.29, 0.717) is 34.8 Å². The fourth-order valence-electron chi connectivity index (χ4n) is 4.95. The lowest BCUT2D eigenvalue weighted by Crippen LogP contribution is -2.33. The minimum atomic E-state index is -0.565. The molecule has 4 rings (SSSR count). The lowest BCUT2D eigenvalue weighted by Gasteiger charge is -2.33. The Kier molecular flexibility index (Phi) is 8.61. The van der Waals surface area contributed by atoms with Crippen molar-refractivity contribution in [2.24, 2.45) is 0 Å². The maximum Gasteiger partial charge on any atom is 0.336 e. The Morgan fingerprint density at radius 2 is 1.69 bits per heavy atom. The normalized spacial score (nSPS) is 16.2. The molecule has 2 aliphatic heterocycles. The Bertz CT molecular complexity index is 1370. The van der Waals surface area contributed by atoms with Crippen molar-refractivity contribution in [3.8, 4) is 0 Å². The van der Waals surface area contributed by atoms with E-state index in [1.165, 1.54) is 35.9 Å². The molecule has 0 bridgehead atoms. The molecule has 0 spiro atoms. The number of rotatable bonds is 8. The number of anilines is 1. The highest BCUT2D eigenvalue weighted by Crippen LogP contribution is 2.37. The maximum absolute atomic E-state index is 13.2. The van der Waals surface area contributed by atoms with Crippen LogP contribution in [0.4, 0.5) is 11.4 Å². The quantitative estimate of drug-likeness (QED) is 0.261. The molecule has 0 atom stereocenters. The van der Waals surface area contributed by atoms with Crippen LogP contribution in [-0.2, 0) is 19.1 Å². The van der Waals surface area contributed by atoms with Gasteiger partial charge in [0.15, 0.2) is 0 Å². The highest BCUT2D eigenvalue weighted by Gasteiger charge is 2.32. The zero-order chi connectivity index (χ0) is 28.1. The average molecular weight is 532 g/mol. The third kappa shape index (κ3) is 6.26. The molecular weight excluding hydrogens is 498 g/mol. The number of carbonyl (C=O) groups excluding carboxylic acids is 2. The van der Waals surface area contributed by atoms with Gasteiger partial charge in [0.1, 0.15) is 6.61 Å². The van der Waals surface area contributed by atoms with E-state index in [4.69, 9.17) is 9.47 Å². The van der Waals surface area contributed by atoms with E-state index in [9.17, 15) is 19.7 Å². The van der Waals surface area contributed by atoms with Crippen LogP contribution in [0.5, 0.6) is 0 Å². The Morgan fingerprint density at radius 3 is 2.31 bits per heavy atom. The van der Waals surface area contributed by atoms with Gasteiger partial charge in [-0.2, -0.15) is 0 Å². The molecule has 2 aromatic carbocycles. The third-order valence-electron chi connectivity index (χ3n) is 7.23. The van der Waals surface area contributed by atoms with Crippen molar-refractivity contribution in [1.29, 1.82) is 0 Å². The van der Waals surface area contributed by atoms with E-state index in [2.05, 4.69) is 42.2 Å². The maximum atomic E-state index is 13.2. The molecule has 9 heteroatoms. The number of methoxy groups -OCH3 is 1. The van der Waals surface area contributed by atoms with Gasteiger partial charge in [-0.1, -0.05) is 42.0 Å². The summed E-state index contributed by atoms with van der Waals surface area (Å²) in [6, 6.07) is 14.6. The highest BCUT2D eigenvalue weighted by molar-refractivity contribution is 5.98. The number of nitro groups is 1. The minimum Gasteiger partial charge on any atom is -0.466 e. The summed E-state index contributed by atoms with van der Waals surface area (Å²) < 4.78 is 10.6. The van der Waals surface area contributed by atoms with Gasteiger partial charge in [-0.15, -0.1) is 0 Å². The van der Waals surface area contributed by atoms with Gasteiger partial charge in [0.2, 0.25) is 0 Å². The topological polar surface area (TPSA) is 102 Å². The van der Waals surface area contributed by atoms with Crippen LogP contribution < -0.4 is 4.90 Å². The molecule has 39 heavy (non-hydrogen) atoms. The molecule has 0 aliphatic carbocycles. The summed E-state index contributed by atoms with van der Waals surface area (Å²) in [6.45, 7) is 7.98. The summed E-state index contributed by atoms with van der Waals surface area (Å²) in [5.41, 5.74) is 5.88. The Morgan fingerprint density at radius 1 is 1.00 bits per heavy atom. The van der Waals surface area contributed by atoms with Crippen molar-refractivity contribution in [2.75, 3.05) is 38.3 Å². The van der Waals surface area contributed by atoms with Crippen molar-refractivity contribution in [2.45, 2.75) is 33.6 Å². The fraction of sp³-hybridized carbons (Fsp3) is 0.333. The summed E-state index contributed by atoms with van der Waals surface area (Å²) in [4.78, 5) is 40.5. The first-order valence-corrected chi connectivity index (χ1v) is 12.9. The SMILES string of the molecule is COC(=O)C1=C(C)N(c2cccc([N+](=O)[O-])c2)C(C)=C(C(=O)OCCN2CC=C(c3ccc(C)cc3)CC2)C1. The van der Waals surface area contributed by atoms with E-state index < -0.39 is 16.9 Å². The second kappa shape index (κ2) is 12.1. The number of aryl methyl sites for hydroxylation is 1. The van der Waals surface area contributed by atoms with Crippen molar-refractivity contribution in [1.82, 2.24) is 4.90 Å². The molecule has 0 saturated carbocycles. The molecule has 204 valence electrons. The molecule has 0 N–H and O–H groups in total. The first-order chi connectivity index (χ1) is 18.7. The van der Waals surface area contributed by atoms with E-state index in [1.807, 2.05) is 0 Å². The number of allylic oxidation sites excluding steroid dienone is 2. The van der Waals surface area contributed by atoms with E-state index in [-0.39, 0.29) is 18.7 Å². The Balaban J connectivity index is 1.45. The number of ether oxygens (including phenoxy) is 2. The van der Waals surface area contributed by atoms with Crippen molar-refractivity contribution in [3.05, 3.63) is 98.4 Å². The van der Waals surface area contributed by atoms with Crippen LogP contribution in [-0.4, -0.2) is 55.1 Å². The van der Waals surface area contributed by atoms with E-state index >= 15 is 0 Å². The number of carbonyl (C=O) groups is 2. The monoisotopic (exact) mass is 531 g/mol. The van der Waals surface area contributed by atoms with Gasteiger partial charge in [0.25, 0.3) is 5.69 Å². The minimum absolute atomic E-state index is 0.0565. The number of hydrogen-bond donors (Lipinski definition) is 0. The van der Waals surface area contributed by atoms with Gasteiger partial charge in [0, 0.05) is 49.6 Å². The van der Waals surface area contributed by atoms with Gasteiger partial charge in [-0.25, -0.2) is 9.59 Å². The second-order valence-electron chi connectivity index (χ2n) is 9.69. The average Bonchev–Trinajstić information content (AvgIpc) is 2.93. The van der Waals surface area contributed by atoms with E-state index in [0.717, 1.165) is 19.5 Å². The summed E-state index contributed by atoms with van der Waals surface area (Å²) in [5.74, 6) is -1.09. The van der Waals surface area contributed by atoms with Crippen molar-refractivity contribution >= 4 is 28.9 Å². The first-order valence-electron chi connectivity index (χ1n) is 12.9. The van der Waals surface area contributed by atoms with Gasteiger partial charge in [-0.3, -0.25) is 15.0 Å². The number of hydrogen-bond acceptors (Lipinski definition) is 8. The van der Waals surface area contributed by atoms with Crippen molar-refractivity contribution < 1.29 is 24.0 Å². The van der Waals surface area contributed by atoms with Crippen LogP contribution in [0, 0.1) is 17.0 Å². The van der Waals surface area contributed by atoms with Crippen LogP contribution in [0.15, 0.2) is 77.1 Å². The molecule has 2 heterocycles. The highest BCUT2D eigenvalue weighted by atomic mass is 16.6. The molecule has 0 fully saturated rings. The lowest BCUT2D eigenvalue weighted by atomic mass is 9.95. The molecular formula is C30H33N3O6. The molecule has 0 aromatic heterocycles. The molecule has 2 aliphatic rings. The number of benzene rings is 2. The second-order valence-corrected chi connectivity index (χ2v) is 9.69. The van der Waals surface area contributed by atoms with Crippen LogP contribution in [0.25, 0.3) is 5.57 Å².